The van der Waals surface area contributed by atoms with E-state index in [0.29, 0.717) is 0 Å². The number of hydrogen-bond acceptors (Lipinski definition) is 0. The smallest absolute Gasteiger partial charge is 0 e. The van der Waals surface area contributed by atoms with E-state index in [2.05, 4.69) is 0 Å². The van der Waals surface area contributed by atoms with Crippen LogP contribution in [0.2, 0.25) is 0 Å². The van der Waals surface area contributed by atoms with Gasteiger partial charge in [-0.2, -0.15) is 13.5 Å². The van der Waals surface area contributed by atoms with Crippen molar-refractivity contribution in [3.8, 4) is 0 Å². The van der Waals surface area contributed by atoms with Crippen LogP contribution >= 0.6 is 13.5 Å². The molecule has 0 aromatic rings. The maximum Gasteiger partial charge on any atom is 0 e. The van der Waals surface area contributed by atoms with Gasteiger partial charge >= 0.3 is 61.6 Å². The summed E-state index contributed by atoms with van der Waals surface area (Å²) in [5.41, 5.74) is 0. The van der Waals surface area contributed by atoms with E-state index in [1.165, 1.54) is 0 Å². The summed E-state index contributed by atoms with van der Waals surface area (Å²) in [6.45, 7) is 0. The standard InChI is InChI=1S/Ca.Cu.H2S.Sn.Zn.4H/h;;1H2;;;;;;/q+2;;;;;;;2*-1. The topological polar surface area (TPSA) is 0 Å². The van der Waals surface area contributed by atoms with Crippen LogP contribution in [-0.4, -0.2) is 61.6 Å². The Morgan fingerprint density at radius 3 is 1.20 bits per heavy atom. The molecule has 31 valence electrons. The molecule has 5 heavy (non-hydrogen) atoms. The van der Waals surface area contributed by atoms with Crippen LogP contribution in [-0.2, 0) is 36.5 Å². The van der Waals surface area contributed by atoms with Crippen molar-refractivity contribution in [2.24, 2.45) is 0 Å². The van der Waals surface area contributed by atoms with Crippen molar-refractivity contribution in [3.05, 3.63) is 0 Å². The molecule has 0 aromatic carbocycles. The van der Waals surface area contributed by atoms with E-state index in [1.807, 2.05) is 0 Å². The maximum absolute atomic E-state index is 0. The Bertz CT molecular complexity index is 17.7. The van der Waals surface area contributed by atoms with E-state index in [0.717, 1.165) is 0 Å². The van der Waals surface area contributed by atoms with Gasteiger partial charge in [0, 0.05) is 36.5 Å². The SMILES string of the molecule is S.[Ca+2].[Cu].[H-].[H-].[SnH2].[Zn]. The van der Waals surface area contributed by atoms with Gasteiger partial charge in [0.1, 0.15) is 0 Å². The Morgan fingerprint density at radius 1 is 1.20 bits per heavy atom. The second-order valence-corrected chi connectivity index (χ2v) is 0. The molecule has 0 aliphatic heterocycles. The van der Waals surface area contributed by atoms with Gasteiger partial charge in [-0.3, -0.25) is 0 Å². The molecule has 0 aliphatic carbocycles. The van der Waals surface area contributed by atoms with Crippen LogP contribution in [0.15, 0.2) is 0 Å². The summed E-state index contributed by atoms with van der Waals surface area (Å²) >= 11 is 0. The molecule has 0 N–H and O–H groups in total. The average molecular weight is 326 g/mol. The first-order chi connectivity index (χ1) is 0. The molecule has 0 bridgehead atoms. The van der Waals surface area contributed by atoms with Crippen LogP contribution in [0.4, 0.5) is 0 Å². The number of rotatable bonds is 0. The normalized spacial score (nSPS) is 0. The molecular weight excluding hydrogens is 320 g/mol. The molecule has 3 radical (unpaired) electrons. The van der Waals surface area contributed by atoms with Gasteiger partial charge in [0.2, 0.25) is 0 Å². The van der Waals surface area contributed by atoms with Crippen molar-refractivity contribution >= 4 is 75.1 Å². The third-order valence-corrected chi connectivity index (χ3v) is 0. The quantitative estimate of drug-likeness (QED) is 0.503. The predicted molar refractivity (Wildman–Crippen MR) is 26.9 cm³/mol. The molecule has 5 heteroatoms. The molecule has 0 amide bonds. The summed E-state index contributed by atoms with van der Waals surface area (Å²) < 4.78 is 0. The summed E-state index contributed by atoms with van der Waals surface area (Å²) in [6, 6.07) is 0. The fourth-order valence-corrected chi connectivity index (χ4v) is 0. The Morgan fingerprint density at radius 2 is 1.20 bits per heavy atom. The second kappa shape index (κ2) is 25.7. The molecule has 0 rings (SSSR count). The van der Waals surface area contributed by atoms with Gasteiger partial charge in [-0.05, 0) is 0 Å². The zero-order valence-corrected chi connectivity index (χ0v) is 14.1. The van der Waals surface area contributed by atoms with E-state index in [4.69, 9.17) is 0 Å². The summed E-state index contributed by atoms with van der Waals surface area (Å²) in [5.74, 6) is 0. The molecule has 0 aliphatic rings. The first-order valence-corrected chi connectivity index (χ1v) is 0. The van der Waals surface area contributed by atoms with Crippen LogP contribution in [0.3, 0.4) is 0 Å². The van der Waals surface area contributed by atoms with Crippen LogP contribution in [0.1, 0.15) is 2.85 Å². The van der Waals surface area contributed by atoms with Gasteiger partial charge in [-0.15, -0.1) is 0 Å². The van der Waals surface area contributed by atoms with Crippen molar-refractivity contribution in [1.82, 2.24) is 0 Å². The first kappa shape index (κ1) is 38.7. The van der Waals surface area contributed by atoms with Crippen molar-refractivity contribution in [1.29, 1.82) is 0 Å². The molecule has 0 aromatic heterocycles. The van der Waals surface area contributed by atoms with Crippen LogP contribution < -0.4 is 0 Å². The molecular formula is H6CaCuSSnZn. The Hall–Kier alpha value is 3.55. The molecule has 0 saturated carbocycles. The minimum atomic E-state index is 0. The van der Waals surface area contributed by atoms with E-state index in [9.17, 15) is 0 Å². The van der Waals surface area contributed by atoms with Gasteiger partial charge in [0.05, 0.1) is 0 Å². The second-order valence-electron chi connectivity index (χ2n) is 0. The Balaban J connectivity index is 0. The summed E-state index contributed by atoms with van der Waals surface area (Å²) in [4.78, 5) is 0. The van der Waals surface area contributed by atoms with E-state index in [-0.39, 0.29) is 115 Å². The van der Waals surface area contributed by atoms with E-state index in [1.54, 1.807) is 0 Å². The van der Waals surface area contributed by atoms with Gasteiger partial charge in [-0.1, -0.05) is 0 Å². The summed E-state index contributed by atoms with van der Waals surface area (Å²) in [5, 5.41) is 0. The van der Waals surface area contributed by atoms with Crippen LogP contribution in [0, 0.1) is 0 Å². The summed E-state index contributed by atoms with van der Waals surface area (Å²) in [6.07, 6.45) is 0. The van der Waals surface area contributed by atoms with Crippen LogP contribution in [0.25, 0.3) is 0 Å². The Labute approximate surface area is 112 Å². The van der Waals surface area contributed by atoms with Crippen LogP contribution in [0.5, 0.6) is 0 Å². The average Bonchev–Trinajstić information content (AvgIpc) is 0. The fourth-order valence-electron chi connectivity index (χ4n) is 0. The number of hydrogen-bond donors (Lipinski definition) is 0. The maximum atomic E-state index is 0. The molecule has 0 unspecified atom stereocenters. The summed E-state index contributed by atoms with van der Waals surface area (Å²) in [7, 11) is 0. The third-order valence-electron chi connectivity index (χ3n) is 0. The zero-order valence-electron chi connectivity index (χ0n) is 4.92. The minimum absolute atomic E-state index is 0. The fraction of sp³-hybridized carbons (Fsp3) is 0. The monoisotopic (exact) mass is 325 g/mol. The van der Waals surface area contributed by atoms with Crippen molar-refractivity contribution in [2.75, 3.05) is 0 Å². The molecule has 0 spiro atoms. The molecule has 0 nitrogen and oxygen atoms in total. The largest absolute Gasteiger partial charge is 0 e. The Kier molecular flexibility index (Phi) is 199. The third kappa shape index (κ3) is 18.5. The van der Waals surface area contributed by atoms with Crippen molar-refractivity contribution < 1.29 is 39.4 Å². The molecule has 0 heterocycles. The zero-order chi connectivity index (χ0) is 0. The van der Waals surface area contributed by atoms with Gasteiger partial charge < -0.3 is 2.85 Å². The first-order valence-electron chi connectivity index (χ1n) is 0. The molecule has 0 fully saturated rings. The van der Waals surface area contributed by atoms with Gasteiger partial charge in [0.25, 0.3) is 0 Å². The predicted octanol–water partition coefficient (Wildman–Crippen LogP) is -0.964. The molecule has 0 saturated heterocycles. The van der Waals surface area contributed by atoms with Gasteiger partial charge in [-0.25, -0.2) is 0 Å². The van der Waals surface area contributed by atoms with Crippen molar-refractivity contribution in [2.45, 2.75) is 0 Å². The van der Waals surface area contributed by atoms with E-state index < -0.39 is 0 Å². The molecule has 0 atom stereocenters. The van der Waals surface area contributed by atoms with E-state index >= 15 is 0 Å². The minimum Gasteiger partial charge on any atom is 0 e. The van der Waals surface area contributed by atoms with Crippen molar-refractivity contribution in [3.63, 3.8) is 0 Å². The van der Waals surface area contributed by atoms with Gasteiger partial charge in [0.15, 0.2) is 0 Å².